The molecule has 0 saturated carbocycles. The molecule has 24 heavy (non-hydrogen) atoms. The highest BCUT2D eigenvalue weighted by Crippen LogP contribution is 2.22. The Morgan fingerprint density at radius 2 is 1.92 bits per heavy atom. The maximum atomic E-state index is 13.2. The van der Waals surface area contributed by atoms with Crippen molar-refractivity contribution in [2.75, 3.05) is 18.4 Å². The number of carbonyl (C=O) groups excluding carboxylic acids is 2. The van der Waals surface area contributed by atoms with Crippen molar-refractivity contribution in [1.29, 1.82) is 0 Å². The van der Waals surface area contributed by atoms with E-state index in [1.807, 2.05) is 0 Å². The third kappa shape index (κ3) is 3.12. The van der Waals surface area contributed by atoms with E-state index in [1.165, 1.54) is 4.90 Å². The molecule has 2 N–H and O–H groups in total. The van der Waals surface area contributed by atoms with Crippen LogP contribution in [0.3, 0.4) is 0 Å². The lowest BCUT2D eigenvalue weighted by atomic mass is 10.1. The van der Waals surface area contributed by atoms with Crippen molar-refractivity contribution in [3.63, 3.8) is 0 Å². The van der Waals surface area contributed by atoms with Crippen LogP contribution in [0.25, 0.3) is 0 Å². The molecule has 0 radical (unpaired) electrons. The average molecular weight is 337 g/mol. The molecular formula is C16H14F3N3O2. The van der Waals surface area contributed by atoms with Crippen molar-refractivity contribution >= 4 is 17.5 Å². The summed E-state index contributed by atoms with van der Waals surface area (Å²) < 4.78 is 39.3. The van der Waals surface area contributed by atoms with Crippen LogP contribution in [0.4, 0.5) is 18.9 Å². The van der Waals surface area contributed by atoms with Gasteiger partial charge in [0.15, 0.2) is 17.5 Å². The van der Waals surface area contributed by atoms with Crippen molar-refractivity contribution in [3.8, 4) is 0 Å². The van der Waals surface area contributed by atoms with E-state index in [1.54, 1.807) is 18.3 Å². The normalized spacial score (nSPS) is 17.1. The Morgan fingerprint density at radius 3 is 2.54 bits per heavy atom. The smallest absolute Gasteiger partial charge is 0.270 e. The molecule has 0 aliphatic carbocycles. The first-order valence-corrected chi connectivity index (χ1v) is 7.34. The molecule has 126 valence electrons. The molecule has 0 spiro atoms. The van der Waals surface area contributed by atoms with Gasteiger partial charge in [-0.2, -0.15) is 0 Å². The molecule has 8 heteroatoms. The van der Waals surface area contributed by atoms with Crippen LogP contribution in [0.2, 0.25) is 0 Å². The van der Waals surface area contributed by atoms with Gasteiger partial charge in [-0.25, -0.2) is 13.2 Å². The number of carbonyl (C=O) groups is 2. The van der Waals surface area contributed by atoms with Gasteiger partial charge in [0.05, 0.1) is 5.92 Å². The van der Waals surface area contributed by atoms with Crippen molar-refractivity contribution in [2.24, 2.45) is 5.92 Å². The van der Waals surface area contributed by atoms with Crippen molar-refractivity contribution in [2.45, 2.75) is 6.42 Å². The van der Waals surface area contributed by atoms with Gasteiger partial charge in [-0.3, -0.25) is 9.59 Å². The number of aromatic amines is 1. The molecule has 0 bridgehead atoms. The van der Waals surface area contributed by atoms with E-state index in [0.717, 1.165) is 0 Å². The number of aromatic nitrogens is 1. The molecule has 1 unspecified atom stereocenters. The van der Waals surface area contributed by atoms with Crippen LogP contribution in [0.15, 0.2) is 30.5 Å². The lowest BCUT2D eigenvalue weighted by molar-refractivity contribution is -0.119. The number of hydrogen-bond donors (Lipinski definition) is 2. The second-order valence-corrected chi connectivity index (χ2v) is 5.56. The standard InChI is InChI=1S/C16H14F3N3O2/c17-11-6-10(7-12(18)14(11)19)21-15(23)9-3-5-22(8-9)16(24)13-2-1-4-20-13/h1-2,4,6-7,9,20H,3,5,8H2,(H,21,23). The Morgan fingerprint density at radius 1 is 1.21 bits per heavy atom. The van der Waals surface area contributed by atoms with Gasteiger partial charge < -0.3 is 15.2 Å². The molecule has 3 rings (SSSR count). The summed E-state index contributed by atoms with van der Waals surface area (Å²) >= 11 is 0. The SMILES string of the molecule is O=C(Nc1cc(F)c(F)c(F)c1)C1CCN(C(=O)c2ccc[nH]2)C1. The number of halogens is 3. The fourth-order valence-electron chi connectivity index (χ4n) is 2.66. The highest BCUT2D eigenvalue weighted by Gasteiger charge is 2.32. The number of amides is 2. The van der Waals surface area contributed by atoms with Crippen LogP contribution < -0.4 is 5.32 Å². The minimum absolute atomic E-state index is 0.162. The molecule has 2 aromatic rings. The monoisotopic (exact) mass is 337 g/mol. The van der Waals surface area contributed by atoms with Crippen LogP contribution in [0.1, 0.15) is 16.9 Å². The van der Waals surface area contributed by atoms with Gasteiger partial charge in [-0.05, 0) is 18.6 Å². The molecule has 1 atom stereocenters. The van der Waals surface area contributed by atoms with Gasteiger partial charge in [-0.15, -0.1) is 0 Å². The quantitative estimate of drug-likeness (QED) is 0.846. The van der Waals surface area contributed by atoms with E-state index in [-0.39, 0.29) is 18.1 Å². The molecule has 2 amide bonds. The predicted octanol–water partition coefficient (Wildman–Crippen LogP) is 2.53. The fraction of sp³-hybridized carbons (Fsp3) is 0.250. The van der Waals surface area contributed by atoms with Crippen molar-refractivity contribution in [1.82, 2.24) is 9.88 Å². The van der Waals surface area contributed by atoms with Gasteiger partial charge in [0.1, 0.15) is 5.69 Å². The van der Waals surface area contributed by atoms with E-state index >= 15 is 0 Å². The van der Waals surface area contributed by atoms with Gasteiger partial charge in [-0.1, -0.05) is 0 Å². The largest absolute Gasteiger partial charge is 0.357 e. The van der Waals surface area contributed by atoms with Gasteiger partial charge >= 0.3 is 0 Å². The number of benzene rings is 1. The first kappa shape index (κ1) is 16.1. The Labute approximate surface area is 135 Å². The summed E-state index contributed by atoms with van der Waals surface area (Å²) in [4.78, 5) is 28.7. The predicted molar refractivity (Wildman–Crippen MR) is 79.7 cm³/mol. The molecule has 1 aliphatic rings. The Bertz CT molecular complexity index is 754. The number of rotatable bonds is 3. The number of nitrogens with zero attached hydrogens (tertiary/aromatic N) is 1. The summed E-state index contributed by atoms with van der Waals surface area (Å²) in [6.45, 7) is 0.609. The van der Waals surface area contributed by atoms with Gasteiger partial charge in [0.2, 0.25) is 5.91 Å². The van der Waals surface area contributed by atoms with Crippen LogP contribution >= 0.6 is 0 Å². The topological polar surface area (TPSA) is 65.2 Å². The maximum absolute atomic E-state index is 13.2. The first-order valence-electron chi connectivity index (χ1n) is 7.34. The lowest BCUT2D eigenvalue weighted by Crippen LogP contribution is -2.31. The van der Waals surface area contributed by atoms with Crippen LogP contribution in [0.5, 0.6) is 0 Å². The molecule has 2 heterocycles. The molecule has 5 nitrogen and oxygen atoms in total. The number of anilines is 1. The fourth-order valence-corrected chi connectivity index (χ4v) is 2.66. The average Bonchev–Trinajstić information content (AvgIpc) is 3.23. The zero-order chi connectivity index (χ0) is 17.3. The summed E-state index contributed by atoms with van der Waals surface area (Å²) in [7, 11) is 0. The minimum Gasteiger partial charge on any atom is -0.357 e. The summed E-state index contributed by atoms with van der Waals surface area (Å²) in [6, 6.07) is 4.77. The number of likely N-dealkylation sites (tertiary alicyclic amines) is 1. The highest BCUT2D eigenvalue weighted by molar-refractivity contribution is 5.95. The van der Waals surface area contributed by atoms with Crippen LogP contribution in [-0.2, 0) is 4.79 Å². The van der Waals surface area contributed by atoms with Gasteiger partial charge in [0, 0.05) is 37.1 Å². The summed E-state index contributed by atoms with van der Waals surface area (Å²) in [5, 5.41) is 2.36. The molecule has 1 fully saturated rings. The summed E-state index contributed by atoms with van der Waals surface area (Å²) in [6.07, 6.45) is 2.07. The minimum atomic E-state index is -1.59. The van der Waals surface area contributed by atoms with E-state index in [0.29, 0.717) is 30.8 Å². The zero-order valence-corrected chi connectivity index (χ0v) is 12.5. The Hall–Kier alpha value is -2.77. The van der Waals surface area contributed by atoms with E-state index in [2.05, 4.69) is 10.3 Å². The highest BCUT2D eigenvalue weighted by atomic mass is 19.2. The zero-order valence-electron chi connectivity index (χ0n) is 12.5. The molecule has 1 aliphatic heterocycles. The molecular weight excluding hydrogens is 323 g/mol. The molecule has 1 saturated heterocycles. The van der Waals surface area contributed by atoms with Crippen molar-refractivity contribution in [3.05, 3.63) is 53.6 Å². The number of hydrogen-bond acceptors (Lipinski definition) is 2. The lowest BCUT2D eigenvalue weighted by Gasteiger charge is -2.15. The Balaban J connectivity index is 1.64. The Kier molecular flexibility index (Phi) is 4.28. The molecule has 1 aromatic heterocycles. The third-order valence-electron chi connectivity index (χ3n) is 3.93. The molecule has 1 aromatic carbocycles. The number of nitrogens with one attached hydrogen (secondary N) is 2. The third-order valence-corrected chi connectivity index (χ3v) is 3.93. The summed E-state index contributed by atoms with van der Waals surface area (Å²) in [5.74, 6) is -5.52. The maximum Gasteiger partial charge on any atom is 0.270 e. The van der Waals surface area contributed by atoms with Crippen molar-refractivity contribution < 1.29 is 22.8 Å². The second-order valence-electron chi connectivity index (χ2n) is 5.56. The van der Waals surface area contributed by atoms with E-state index < -0.39 is 29.3 Å². The van der Waals surface area contributed by atoms with E-state index in [4.69, 9.17) is 0 Å². The van der Waals surface area contributed by atoms with Gasteiger partial charge in [0.25, 0.3) is 5.91 Å². The summed E-state index contributed by atoms with van der Waals surface area (Å²) in [5.41, 5.74) is 0.268. The first-order chi connectivity index (χ1) is 11.5. The number of H-pyrrole nitrogens is 1. The second kappa shape index (κ2) is 6.38. The van der Waals surface area contributed by atoms with Crippen LogP contribution in [0, 0.1) is 23.4 Å². The van der Waals surface area contributed by atoms with E-state index in [9.17, 15) is 22.8 Å². The van der Waals surface area contributed by atoms with Crippen LogP contribution in [-0.4, -0.2) is 34.8 Å².